The topological polar surface area (TPSA) is 66.0 Å². The molecular formula is C40H35F3N4O2Si. The van der Waals surface area contributed by atoms with Crippen LogP contribution in [0, 0.1) is 5.82 Å². The molecule has 3 aromatic heterocycles. The lowest BCUT2D eigenvalue weighted by Gasteiger charge is -2.43. The summed E-state index contributed by atoms with van der Waals surface area (Å²) in [5, 5.41) is 6.58. The Bertz CT molecular complexity index is 2180. The first-order valence-electron chi connectivity index (χ1n) is 16.3. The lowest BCUT2D eigenvalue weighted by molar-refractivity contribution is -0.0597. The molecule has 7 aromatic rings. The van der Waals surface area contributed by atoms with Crippen LogP contribution in [-0.2, 0) is 11.0 Å². The molecule has 50 heavy (non-hydrogen) atoms. The number of fused-ring (bicyclic) bond motifs is 1. The molecule has 0 N–H and O–H groups in total. The van der Waals surface area contributed by atoms with E-state index in [0.29, 0.717) is 39.4 Å². The lowest BCUT2D eigenvalue weighted by atomic mass is 10.0. The molecule has 0 aliphatic rings. The molecule has 0 aliphatic carbocycles. The molecule has 0 unspecified atom stereocenters. The zero-order chi connectivity index (χ0) is 34.9. The summed E-state index contributed by atoms with van der Waals surface area (Å²) in [5.41, 5.74) is 3.05. The smallest absolute Gasteiger partial charge is 0.288 e. The molecule has 252 valence electrons. The third-order valence-corrected chi connectivity index (χ3v) is 13.8. The second-order valence-electron chi connectivity index (χ2n) is 13.3. The van der Waals surface area contributed by atoms with Gasteiger partial charge in [0, 0.05) is 22.9 Å². The molecule has 0 atom stereocenters. The molecule has 0 aliphatic heterocycles. The van der Waals surface area contributed by atoms with Crippen molar-refractivity contribution in [1.29, 1.82) is 0 Å². The van der Waals surface area contributed by atoms with Gasteiger partial charge in [0.2, 0.25) is 5.71 Å². The second kappa shape index (κ2) is 13.2. The number of aromatic nitrogens is 4. The van der Waals surface area contributed by atoms with E-state index in [1.165, 1.54) is 23.1 Å². The molecule has 0 bridgehead atoms. The number of halogens is 3. The highest BCUT2D eigenvalue weighted by atomic mass is 28.4. The van der Waals surface area contributed by atoms with Crippen molar-refractivity contribution >= 4 is 29.8 Å². The largest absolute Gasteiger partial charge is 0.438 e. The average Bonchev–Trinajstić information content (AvgIpc) is 3.74. The van der Waals surface area contributed by atoms with Crippen LogP contribution in [0.2, 0.25) is 5.04 Å². The summed E-state index contributed by atoms with van der Waals surface area (Å²) in [7, 11) is -3.22. The molecule has 0 amide bonds. The molecule has 4 aromatic carbocycles. The van der Waals surface area contributed by atoms with Gasteiger partial charge in [0.15, 0.2) is 0 Å². The van der Waals surface area contributed by atoms with E-state index in [-0.39, 0.29) is 0 Å². The van der Waals surface area contributed by atoms with Crippen molar-refractivity contribution < 1.29 is 22.0 Å². The first-order chi connectivity index (χ1) is 24.0. The van der Waals surface area contributed by atoms with E-state index in [9.17, 15) is 4.39 Å². The maximum absolute atomic E-state index is 16.2. The number of furan rings is 1. The highest BCUT2D eigenvalue weighted by Gasteiger charge is 2.51. The van der Waals surface area contributed by atoms with Crippen LogP contribution in [0.5, 0.6) is 0 Å². The van der Waals surface area contributed by atoms with Gasteiger partial charge in [-0.2, -0.15) is 5.10 Å². The predicted molar refractivity (Wildman–Crippen MR) is 192 cm³/mol. The van der Waals surface area contributed by atoms with Crippen molar-refractivity contribution in [2.45, 2.75) is 38.3 Å². The number of benzene rings is 4. The van der Waals surface area contributed by atoms with Gasteiger partial charge in [-0.3, -0.25) is 4.68 Å². The van der Waals surface area contributed by atoms with Gasteiger partial charge in [-0.1, -0.05) is 112 Å². The van der Waals surface area contributed by atoms with E-state index < -0.39 is 38.2 Å². The summed E-state index contributed by atoms with van der Waals surface area (Å²) in [6.45, 7) is 4.57. The maximum Gasteiger partial charge on any atom is 0.288 e. The van der Waals surface area contributed by atoms with Crippen molar-refractivity contribution in [3.63, 3.8) is 0 Å². The Balaban J connectivity index is 1.27. The SMILES string of the molecule is CC(C)(C)[Si](OCC(F)(F)Cn1cc(-c2ncnc3oc(-c4ccccc4)cc23)c(-c2ccc(F)cc2)n1)(c1ccccc1)c1ccccc1. The number of hydrogen-bond donors (Lipinski definition) is 0. The van der Waals surface area contributed by atoms with Crippen LogP contribution in [0.4, 0.5) is 13.2 Å². The van der Waals surface area contributed by atoms with Gasteiger partial charge in [-0.15, -0.1) is 0 Å². The molecule has 0 radical (unpaired) electrons. The van der Waals surface area contributed by atoms with Gasteiger partial charge in [-0.05, 0) is 45.7 Å². The molecule has 10 heteroatoms. The fourth-order valence-electron chi connectivity index (χ4n) is 6.57. The molecule has 7 rings (SSSR count). The Kier molecular flexibility index (Phi) is 8.75. The first-order valence-corrected chi connectivity index (χ1v) is 18.2. The van der Waals surface area contributed by atoms with Crippen LogP contribution < -0.4 is 10.4 Å². The van der Waals surface area contributed by atoms with Crippen LogP contribution in [0.1, 0.15) is 20.8 Å². The fourth-order valence-corrected chi connectivity index (χ4v) is 11.2. The zero-order valence-corrected chi connectivity index (χ0v) is 28.9. The van der Waals surface area contributed by atoms with E-state index in [2.05, 4.69) is 15.1 Å². The van der Waals surface area contributed by atoms with Crippen LogP contribution >= 0.6 is 0 Å². The van der Waals surface area contributed by atoms with Crippen molar-refractivity contribution in [3.8, 4) is 33.8 Å². The number of nitrogens with zero attached hydrogens (tertiary/aromatic N) is 4. The maximum atomic E-state index is 16.2. The molecule has 0 fully saturated rings. The Labute approximate surface area is 289 Å². The fraction of sp³-hybridized carbons (Fsp3) is 0.175. The van der Waals surface area contributed by atoms with E-state index >= 15 is 8.78 Å². The van der Waals surface area contributed by atoms with Crippen molar-refractivity contribution in [1.82, 2.24) is 19.7 Å². The standard InChI is InChI=1S/C40H35F3N4O2Si/c1-39(2,3)50(31-15-9-5-10-16-31,32-17-11-6-12-18-32)48-26-40(42,43)25-47-24-34(36(46-47)29-19-21-30(41)22-20-29)37-33-23-35(28-13-7-4-8-14-28)49-38(33)45-27-44-37/h4-24,27H,25-26H2,1-3H3. The van der Waals surface area contributed by atoms with Crippen LogP contribution in [-0.4, -0.2) is 40.6 Å². The minimum atomic E-state index is -3.31. The molecule has 0 saturated heterocycles. The third kappa shape index (κ3) is 6.39. The van der Waals surface area contributed by atoms with Crippen molar-refractivity contribution in [2.24, 2.45) is 0 Å². The van der Waals surface area contributed by atoms with Gasteiger partial charge >= 0.3 is 0 Å². The lowest BCUT2D eigenvalue weighted by Crippen LogP contribution is -2.67. The summed E-state index contributed by atoms with van der Waals surface area (Å²) in [5.74, 6) is -3.15. The summed E-state index contributed by atoms with van der Waals surface area (Å²) in [6, 6.07) is 36.5. The van der Waals surface area contributed by atoms with E-state index in [4.69, 9.17) is 8.84 Å². The van der Waals surface area contributed by atoms with Crippen molar-refractivity contribution in [2.75, 3.05) is 6.61 Å². The summed E-state index contributed by atoms with van der Waals surface area (Å²) in [4.78, 5) is 8.88. The molecule has 3 heterocycles. The third-order valence-electron chi connectivity index (χ3n) is 8.83. The van der Waals surface area contributed by atoms with Gasteiger partial charge in [0.05, 0.1) is 11.1 Å². The minimum absolute atomic E-state index is 0.343. The first kappa shape index (κ1) is 33.2. The quantitative estimate of drug-likeness (QED) is 0.135. The molecule has 0 saturated carbocycles. The summed E-state index contributed by atoms with van der Waals surface area (Å²) < 4.78 is 60.3. The molecule has 0 spiro atoms. The van der Waals surface area contributed by atoms with Gasteiger partial charge in [0.25, 0.3) is 14.2 Å². The highest BCUT2D eigenvalue weighted by Crippen LogP contribution is 2.39. The van der Waals surface area contributed by atoms with Gasteiger partial charge in [0.1, 0.15) is 36.8 Å². The van der Waals surface area contributed by atoms with E-state index in [0.717, 1.165) is 15.9 Å². The number of rotatable bonds is 10. The molecule has 6 nitrogen and oxygen atoms in total. The molecular weight excluding hydrogens is 654 g/mol. The number of hydrogen-bond acceptors (Lipinski definition) is 5. The van der Waals surface area contributed by atoms with Gasteiger partial charge in [-0.25, -0.2) is 23.1 Å². The normalized spacial score (nSPS) is 12.4. The van der Waals surface area contributed by atoms with E-state index in [1.807, 2.05) is 118 Å². The van der Waals surface area contributed by atoms with Gasteiger partial charge < -0.3 is 8.84 Å². The Morgan fingerprint density at radius 2 is 1.34 bits per heavy atom. The van der Waals surface area contributed by atoms with E-state index in [1.54, 1.807) is 18.3 Å². The predicted octanol–water partition coefficient (Wildman–Crippen LogP) is 8.77. The van der Waals surface area contributed by atoms with Crippen LogP contribution in [0.15, 0.2) is 138 Å². The zero-order valence-electron chi connectivity index (χ0n) is 27.9. The van der Waals surface area contributed by atoms with Crippen LogP contribution in [0.3, 0.4) is 0 Å². The highest BCUT2D eigenvalue weighted by molar-refractivity contribution is 6.99. The minimum Gasteiger partial charge on any atom is -0.438 e. The Morgan fingerprint density at radius 3 is 1.94 bits per heavy atom. The average molecular weight is 689 g/mol. The monoisotopic (exact) mass is 688 g/mol. The Hall–Kier alpha value is -5.32. The summed E-state index contributed by atoms with van der Waals surface area (Å²) >= 11 is 0. The Morgan fingerprint density at radius 1 is 0.740 bits per heavy atom. The van der Waals surface area contributed by atoms with Crippen LogP contribution in [0.25, 0.3) is 44.9 Å². The summed E-state index contributed by atoms with van der Waals surface area (Å²) in [6.07, 6.45) is 2.92. The second-order valence-corrected chi connectivity index (χ2v) is 17.6. The number of alkyl halides is 2. The van der Waals surface area contributed by atoms with Crippen molar-refractivity contribution in [3.05, 3.63) is 140 Å².